The zero-order valence-electron chi connectivity index (χ0n) is 17.5. The summed E-state index contributed by atoms with van der Waals surface area (Å²) in [5.41, 5.74) is -0.382. The maximum absolute atomic E-state index is 14.0. The van der Waals surface area contributed by atoms with Gasteiger partial charge in [-0.1, -0.05) is 12.1 Å². The van der Waals surface area contributed by atoms with Crippen LogP contribution in [0.3, 0.4) is 0 Å². The van der Waals surface area contributed by atoms with E-state index in [4.69, 9.17) is 4.74 Å². The number of anilines is 1. The van der Waals surface area contributed by atoms with E-state index in [0.717, 1.165) is 22.3 Å². The Hall–Kier alpha value is -3.99. The van der Waals surface area contributed by atoms with Gasteiger partial charge >= 0.3 is 5.97 Å². The highest BCUT2D eigenvalue weighted by atomic mass is 32.1. The van der Waals surface area contributed by atoms with E-state index in [1.165, 1.54) is 18.2 Å². The first kappa shape index (κ1) is 23.2. The van der Waals surface area contributed by atoms with E-state index in [2.05, 4.69) is 5.32 Å². The van der Waals surface area contributed by atoms with Gasteiger partial charge in [-0.05, 0) is 37.3 Å². The molecular weight excluding hydrogens is 473 g/mol. The van der Waals surface area contributed by atoms with Gasteiger partial charge in [0.2, 0.25) is 0 Å². The van der Waals surface area contributed by atoms with Gasteiger partial charge in [-0.2, -0.15) is 0 Å². The fourth-order valence-electron chi connectivity index (χ4n) is 3.38. The number of rotatable bonds is 6. The van der Waals surface area contributed by atoms with Gasteiger partial charge in [0, 0.05) is 4.88 Å². The van der Waals surface area contributed by atoms with Gasteiger partial charge in [0.1, 0.15) is 5.00 Å². The van der Waals surface area contributed by atoms with Gasteiger partial charge in [-0.3, -0.25) is 19.3 Å². The molecule has 2 heterocycles. The third kappa shape index (κ3) is 4.05. The number of hydrogen-bond donors (Lipinski definition) is 1. The maximum Gasteiger partial charge on any atom is 0.341 e. The molecule has 0 saturated carbocycles. The van der Waals surface area contributed by atoms with Gasteiger partial charge in [0.05, 0.1) is 35.4 Å². The predicted octanol–water partition coefficient (Wildman–Crippen LogP) is 4.39. The highest BCUT2D eigenvalue weighted by Crippen LogP contribution is 2.33. The fourth-order valence-corrected chi connectivity index (χ4v) is 4.41. The average molecular weight is 488 g/mol. The largest absolute Gasteiger partial charge is 0.462 e. The number of amides is 3. The minimum atomic E-state index is -1.81. The molecule has 3 amide bonds. The molecule has 7 nitrogen and oxygen atoms in total. The summed E-state index contributed by atoms with van der Waals surface area (Å²) in [5, 5.41) is 2.23. The number of carbonyl (C=O) groups excluding carboxylic acids is 4. The van der Waals surface area contributed by atoms with Crippen LogP contribution in [0.1, 0.15) is 53.2 Å². The molecule has 11 heteroatoms. The highest BCUT2D eigenvalue weighted by molar-refractivity contribution is 7.16. The summed E-state index contributed by atoms with van der Waals surface area (Å²) in [6, 6.07) is 9.00. The summed E-state index contributed by atoms with van der Waals surface area (Å²) in [6.07, 6.45) is 0. The number of hydrogen-bond acceptors (Lipinski definition) is 6. The van der Waals surface area contributed by atoms with Crippen molar-refractivity contribution in [1.82, 2.24) is 4.90 Å². The smallest absolute Gasteiger partial charge is 0.341 e. The van der Waals surface area contributed by atoms with Crippen LogP contribution in [0.4, 0.5) is 18.2 Å². The van der Waals surface area contributed by atoms with Crippen molar-refractivity contribution in [1.29, 1.82) is 0 Å². The van der Waals surface area contributed by atoms with Crippen molar-refractivity contribution in [3.63, 3.8) is 0 Å². The number of nitrogens with one attached hydrogen (secondary N) is 1. The topological polar surface area (TPSA) is 92.8 Å². The van der Waals surface area contributed by atoms with E-state index in [0.29, 0.717) is 10.9 Å². The molecule has 1 aliphatic rings. The van der Waals surface area contributed by atoms with Crippen LogP contribution in [0.2, 0.25) is 0 Å². The number of thiophene rings is 1. The lowest BCUT2D eigenvalue weighted by molar-refractivity contribution is 0.0527. The fraction of sp³-hybridized carbons (Fsp3) is 0.130. The van der Waals surface area contributed by atoms with Gasteiger partial charge in [-0.15, -0.1) is 11.3 Å². The maximum atomic E-state index is 14.0. The lowest BCUT2D eigenvalue weighted by atomic mass is 10.1. The van der Waals surface area contributed by atoms with Crippen molar-refractivity contribution in [2.24, 2.45) is 0 Å². The number of ether oxygens (including phenoxy) is 1. The molecule has 0 unspecified atom stereocenters. The lowest BCUT2D eigenvalue weighted by Crippen LogP contribution is -2.28. The van der Waals surface area contributed by atoms with E-state index in [1.807, 2.05) is 0 Å². The summed E-state index contributed by atoms with van der Waals surface area (Å²) in [5.74, 6) is -7.92. The van der Waals surface area contributed by atoms with Gasteiger partial charge in [0.15, 0.2) is 17.5 Å². The number of benzene rings is 2. The van der Waals surface area contributed by atoms with Crippen LogP contribution in [0.15, 0.2) is 42.5 Å². The molecule has 0 saturated heterocycles. The van der Waals surface area contributed by atoms with E-state index < -0.39 is 46.7 Å². The molecular formula is C23H15F3N2O5S. The number of fused-ring (bicyclic) bond motifs is 1. The first-order valence-corrected chi connectivity index (χ1v) is 10.7. The molecule has 0 fully saturated rings. The van der Waals surface area contributed by atoms with E-state index in [1.54, 1.807) is 19.1 Å². The molecule has 2 aromatic carbocycles. The van der Waals surface area contributed by atoms with Crippen molar-refractivity contribution in [2.75, 3.05) is 11.9 Å². The Kier molecular flexibility index (Phi) is 6.20. The van der Waals surface area contributed by atoms with Gasteiger partial charge in [0.25, 0.3) is 17.7 Å². The first-order chi connectivity index (χ1) is 16.2. The Morgan fingerprint density at radius 2 is 1.62 bits per heavy atom. The Balaban J connectivity index is 1.64. The predicted molar refractivity (Wildman–Crippen MR) is 115 cm³/mol. The van der Waals surface area contributed by atoms with Crippen LogP contribution in [-0.4, -0.2) is 35.2 Å². The first-order valence-electron chi connectivity index (χ1n) is 9.92. The normalized spacial score (nSPS) is 12.6. The van der Waals surface area contributed by atoms with Crippen molar-refractivity contribution >= 4 is 40.0 Å². The highest BCUT2D eigenvalue weighted by Gasteiger charge is 2.36. The molecule has 0 aliphatic carbocycles. The zero-order chi connectivity index (χ0) is 24.6. The molecule has 1 N–H and O–H groups in total. The number of carbonyl (C=O) groups is 4. The molecule has 34 heavy (non-hydrogen) atoms. The van der Waals surface area contributed by atoms with Crippen LogP contribution in [-0.2, 0) is 11.3 Å². The van der Waals surface area contributed by atoms with Crippen LogP contribution >= 0.6 is 11.3 Å². The minimum absolute atomic E-state index is 0.0214. The molecule has 3 aromatic rings. The standard InChI is InChI=1S/C23H15F3N2O5S/c1-2-33-23(32)15-9-11(10-28-21(30)12-5-3-4-6-13(12)22(28)31)34-20(15)27-19(29)14-7-8-16(24)18(26)17(14)25/h3-9H,2,10H2,1H3,(H,27,29). The molecule has 0 bridgehead atoms. The van der Waals surface area contributed by atoms with E-state index in [9.17, 15) is 32.3 Å². The van der Waals surface area contributed by atoms with E-state index in [-0.39, 0.29) is 34.8 Å². The summed E-state index contributed by atoms with van der Waals surface area (Å²) < 4.78 is 45.8. The Morgan fingerprint density at radius 1 is 0.971 bits per heavy atom. The molecule has 0 spiro atoms. The Bertz CT molecular complexity index is 1320. The van der Waals surface area contributed by atoms with E-state index >= 15 is 0 Å². The van der Waals surface area contributed by atoms with Crippen LogP contribution in [0.25, 0.3) is 0 Å². The molecule has 0 atom stereocenters. The SMILES string of the molecule is CCOC(=O)c1cc(CN2C(=O)c3ccccc3C2=O)sc1NC(=O)c1ccc(F)c(F)c1F. The molecule has 174 valence electrons. The van der Waals surface area contributed by atoms with Crippen LogP contribution < -0.4 is 5.32 Å². The third-order valence-electron chi connectivity index (χ3n) is 4.98. The monoisotopic (exact) mass is 488 g/mol. The summed E-state index contributed by atoms with van der Waals surface area (Å²) in [7, 11) is 0. The lowest BCUT2D eigenvalue weighted by Gasteiger charge is -2.12. The Labute approximate surface area is 194 Å². The quantitative estimate of drug-likeness (QED) is 0.316. The zero-order valence-corrected chi connectivity index (χ0v) is 18.3. The van der Waals surface area contributed by atoms with Crippen molar-refractivity contribution in [3.8, 4) is 0 Å². The molecule has 4 rings (SSSR count). The second-order valence-electron chi connectivity index (χ2n) is 7.10. The minimum Gasteiger partial charge on any atom is -0.462 e. The van der Waals surface area contributed by atoms with Crippen LogP contribution in [0.5, 0.6) is 0 Å². The van der Waals surface area contributed by atoms with Crippen molar-refractivity contribution in [2.45, 2.75) is 13.5 Å². The summed E-state index contributed by atoms with van der Waals surface area (Å²) >= 11 is 0.850. The number of halogens is 3. The van der Waals surface area contributed by atoms with Gasteiger partial charge in [-0.25, -0.2) is 18.0 Å². The number of imide groups is 1. The van der Waals surface area contributed by atoms with Gasteiger partial charge < -0.3 is 10.1 Å². The summed E-state index contributed by atoms with van der Waals surface area (Å²) in [4.78, 5) is 51.6. The third-order valence-corrected chi connectivity index (χ3v) is 6.01. The average Bonchev–Trinajstić information content (AvgIpc) is 3.32. The second kappa shape index (κ2) is 9.10. The summed E-state index contributed by atoms with van der Waals surface area (Å²) in [6.45, 7) is 1.39. The second-order valence-corrected chi connectivity index (χ2v) is 8.23. The van der Waals surface area contributed by atoms with Crippen LogP contribution in [0, 0.1) is 17.5 Å². The van der Waals surface area contributed by atoms with Crippen molar-refractivity contribution < 1.29 is 37.1 Å². The Morgan fingerprint density at radius 3 is 2.24 bits per heavy atom. The molecule has 1 aromatic heterocycles. The number of nitrogens with zero attached hydrogens (tertiary/aromatic N) is 1. The molecule has 0 radical (unpaired) electrons. The molecule has 1 aliphatic heterocycles. The van der Waals surface area contributed by atoms with Crippen molar-refractivity contribution in [3.05, 3.63) is 87.0 Å². The number of esters is 1.